The van der Waals surface area contributed by atoms with E-state index in [0.717, 1.165) is 0 Å². The van der Waals surface area contributed by atoms with E-state index in [2.05, 4.69) is 5.92 Å². The Morgan fingerprint density at radius 1 is 1.86 bits per heavy atom. The molecule has 7 heavy (non-hydrogen) atoms. The van der Waals surface area contributed by atoms with Gasteiger partial charge in [0.2, 0.25) is 0 Å². The van der Waals surface area contributed by atoms with Crippen LogP contribution in [0.15, 0.2) is 0 Å². The molecular formula is C6H9O. The van der Waals surface area contributed by atoms with Crippen LogP contribution in [0.25, 0.3) is 0 Å². The van der Waals surface area contributed by atoms with Gasteiger partial charge in [-0.1, -0.05) is 0 Å². The molecular weight excluding hydrogens is 88.1 g/mol. The number of terminal acetylenes is 1. The van der Waals surface area contributed by atoms with Crippen molar-refractivity contribution in [1.29, 1.82) is 0 Å². The summed E-state index contributed by atoms with van der Waals surface area (Å²) in [6, 6.07) is 0. The molecule has 0 amide bonds. The highest BCUT2D eigenvalue weighted by Crippen LogP contribution is 1.80. The molecule has 0 aromatic rings. The van der Waals surface area contributed by atoms with Gasteiger partial charge in [0.25, 0.3) is 0 Å². The second-order valence-corrected chi connectivity index (χ2v) is 1.06. The first-order valence-electron chi connectivity index (χ1n) is 2.24. The molecule has 0 heterocycles. The minimum absolute atomic E-state index is 0.646. The van der Waals surface area contributed by atoms with Crippen LogP contribution < -0.4 is 0 Å². The summed E-state index contributed by atoms with van der Waals surface area (Å²) in [5.74, 6) is 2.46. The van der Waals surface area contributed by atoms with Crippen molar-refractivity contribution in [2.75, 3.05) is 6.61 Å². The minimum Gasteiger partial charge on any atom is -0.375 e. The Labute approximate surface area is 44.7 Å². The highest BCUT2D eigenvalue weighted by molar-refractivity contribution is 4.82. The maximum absolute atomic E-state index is 4.93. The Morgan fingerprint density at radius 2 is 2.57 bits per heavy atom. The van der Waals surface area contributed by atoms with Gasteiger partial charge >= 0.3 is 0 Å². The molecule has 0 rings (SSSR count). The number of ether oxygens (including phenoxy) is 1. The SMILES string of the molecule is C#CCCO[CH]C. The summed E-state index contributed by atoms with van der Waals surface area (Å²) in [6.07, 6.45) is 5.62. The highest BCUT2D eigenvalue weighted by atomic mass is 16.5. The van der Waals surface area contributed by atoms with Crippen LogP contribution in [0.2, 0.25) is 0 Å². The van der Waals surface area contributed by atoms with Crippen molar-refractivity contribution >= 4 is 0 Å². The third kappa shape index (κ3) is 5.52. The van der Waals surface area contributed by atoms with E-state index in [1.54, 1.807) is 6.61 Å². The van der Waals surface area contributed by atoms with Crippen LogP contribution in [0.4, 0.5) is 0 Å². The predicted molar refractivity (Wildman–Crippen MR) is 29.4 cm³/mol. The molecule has 1 heteroatoms. The molecule has 0 bridgehead atoms. The molecule has 0 aromatic carbocycles. The van der Waals surface area contributed by atoms with Gasteiger partial charge < -0.3 is 4.74 Å². The van der Waals surface area contributed by atoms with Crippen LogP contribution in [0, 0.1) is 19.0 Å². The van der Waals surface area contributed by atoms with Crippen molar-refractivity contribution in [3.8, 4) is 12.3 Å². The third-order valence-corrected chi connectivity index (χ3v) is 0.531. The Kier molecular flexibility index (Phi) is 5.14. The zero-order valence-corrected chi connectivity index (χ0v) is 4.48. The fourth-order valence-corrected chi connectivity index (χ4v) is 0.236. The molecule has 0 aromatic heterocycles. The molecule has 1 radical (unpaired) electrons. The van der Waals surface area contributed by atoms with Gasteiger partial charge in [-0.15, -0.1) is 12.3 Å². The van der Waals surface area contributed by atoms with Crippen molar-refractivity contribution in [2.24, 2.45) is 0 Å². The van der Waals surface area contributed by atoms with Gasteiger partial charge in [-0.25, -0.2) is 0 Å². The van der Waals surface area contributed by atoms with Crippen LogP contribution in [0.5, 0.6) is 0 Å². The largest absolute Gasteiger partial charge is 0.375 e. The van der Waals surface area contributed by atoms with Gasteiger partial charge in [0.1, 0.15) is 0 Å². The molecule has 0 spiro atoms. The van der Waals surface area contributed by atoms with E-state index in [9.17, 15) is 0 Å². The van der Waals surface area contributed by atoms with Gasteiger partial charge in [-0.05, 0) is 6.92 Å². The van der Waals surface area contributed by atoms with Crippen molar-refractivity contribution in [3.05, 3.63) is 6.61 Å². The summed E-state index contributed by atoms with van der Waals surface area (Å²) in [5.41, 5.74) is 0. The highest BCUT2D eigenvalue weighted by Gasteiger charge is 1.76. The molecule has 39 valence electrons. The normalized spacial score (nSPS) is 8.00. The standard InChI is InChI=1S/C6H9O/c1-3-5-6-7-4-2/h1,4H,5-6H2,2H3. The molecule has 0 aliphatic rings. The quantitative estimate of drug-likeness (QED) is 0.380. The first-order valence-corrected chi connectivity index (χ1v) is 2.24. The van der Waals surface area contributed by atoms with E-state index < -0.39 is 0 Å². The number of rotatable bonds is 3. The van der Waals surface area contributed by atoms with E-state index in [1.807, 2.05) is 6.92 Å². The lowest BCUT2D eigenvalue weighted by Crippen LogP contribution is -1.85. The molecule has 0 aliphatic heterocycles. The fraction of sp³-hybridized carbons (Fsp3) is 0.500. The molecule has 0 N–H and O–H groups in total. The summed E-state index contributed by atoms with van der Waals surface area (Å²) in [6.45, 7) is 4.11. The van der Waals surface area contributed by atoms with Gasteiger partial charge in [0, 0.05) is 6.42 Å². The number of hydrogen-bond acceptors (Lipinski definition) is 1. The summed E-state index contributed by atoms with van der Waals surface area (Å²) in [7, 11) is 0. The smallest absolute Gasteiger partial charge is 0.0806 e. The van der Waals surface area contributed by atoms with E-state index in [0.29, 0.717) is 13.0 Å². The van der Waals surface area contributed by atoms with Crippen LogP contribution in [0.1, 0.15) is 13.3 Å². The molecule has 0 saturated heterocycles. The molecule has 0 fully saturated rings. The summed E-state index contributed by atoms with van der Waals surface area (Å²) in [4.78, 5) is 0. The van der Waals surface area contributed by atoms with Crippen LogP contribution >= 0.6 is 0 Å². The lowest BCUT2D eigenvalue weighted by Gasteiger charge is -1.90. The van der Waals surface area contributed by atoms with Gasteiger partial charge in [0.05, 0.1) is 13.2 Å². The van der Waals surface area contributed by atoms with Crippen LogP contribution in [-0.4, -0.2) is 6.61 Å². The van der Waals surface area contributed by atoms with Crippen LogP contribution in [-0.2, 0) is 4.74 Å². The second kappa shape index (κ2) is 5.52. The molecule has 1 nitrogen and oxygen atoms in total. The first-order chi connectivity index (χ1) is 3.41. The zero-order chi connectivity index (χ0) is 5.54. The second-order valence-electron chi connectivity index (χ2n) is 1.06. The lowest BCUT2D eigenvalue weighted by molar-refractivity contribution is 0.211. The third-order valence-electron chi connectivity index (χ3n) is 0.531. The topological polar surface area (TPSA) is 9.23 Å². The van der Waals surface area contributed by atoms with Crippen molar-refractivity contribution < 1.29 is 4.74 Å². The first kappa shape index (κ1) is 6.52. The Morgan fingerprint density at radius 3 is 3.00 bits per heavy atom. The number of hydrogen-bond donors (Lipinski definition) is 0. The monoisotopic (exact) mass is 97.1 g/mol. The predicted octanol–water partition coefficient (Wildman–Crippen LogP) is 1.21. The molecule has 0 unspecified atom stereocenters. The average molecular weight is 97.1 g/mol. The van der Waals surface area contributed by atoms with E-state index in [4.69, 9.17) is 11.2 Å². The molecule has 0 saturated carbocycles. The van der Waals surface area contributed by atoms with Crippen molar-refractivity contribution in [3.63, 3.8) is 0 Å². The summed E-state index contributed by atoms with van der Waals surface area (Å²) >= 11 is 0. The summed E-state index contributed by atoms with van der Waals surface area (Å²) < 4.78 is 4.81. The lowest BCUT2D eigenvalue weighted by atomic mass is 10.5. The van der Waals surface area contributed by atoms with Crippen molar-refractivity contribution in [1.82, 2.24) is 0 Å². The van der Waals surface area contributed by atoms with Gasteiger partial charge in [0.15, 0.2) is 0 Å². The maximum Gasteiger partial charge on any atom is 0.0806 e. The Bertz CT molecular complexity index is 61.1. The summed E-state index contributed by atoms with van der Waals surface area (Å²) in [5, 5.41) is 0. The fourth-order valence-electron chi connectivity index (χ4n) is 0.236. The van der Waals surface area contributed by atoms with Crippen LogP contribution in [0.3, 0.4) is 0 Å². The van der Waals surface area contributed by atoms with Gasteiger partial charge in [-0.2, -0.15) is 0 Å². The average Bonchev–Trinajstić information content (AvgIpc) is 1.69. The van der Waals surface area contributed by atoms with Crippen molar-refractivity contribution in [2.45, 2.75) is 13.3 Å². The Balaban J connectivity index is 2.60. The van der Waals surface area contributed by atoms with E-state index in [1.165, 1.54) is 0 Å². The Hall–Kier alpha value is -0.480. The molecule has 0 aliphatic carbocycles. The van der Waals surface area contributed by atoms with E-state index >= 15 is 0 Å². The zero-order valence-electron chi connectivity index (χ0n) is 4.48. The minimum atomic E-state index is 0.646. The molecule has 0 atom stereocenters. The maximum atomic E-state index is 4.93. The van der Waals surface area contributed by atoms with E-state index in [-0.39, 0.29) is 0 Å². The van der Waals surface area contributed by atoms with Gasteiger partial charge in [-0.3, -0.25) is 0 Å².